The average Bonchev–Trinajstić information content (AvgIpc) is 3.11. The van der Waals surface area contributed by atoms with Crippen LogP contribution in [0.15, 0.2) is 84.9 Å². The highest BCUT2D eigenvalue weighted by molar-refractivity contribution is 14.1. The van der Waals surface area contributed by atoms with Crippen LogP contribution >= 0.6 is 33.9 Å². The van der Waals surface area contributed by atoms with Gasteiger partial charge in [-0.3, -0.25) is 0 Å². The van der Waals surface area contributed by atoms with Crippen LogP contribution in [0.25, 0.3) is 26.9 Å². The number of aryl methyl sites for hydroxylation is 1. The summed E-state index contributed by atoms with van der Waals surface area (Å²) in [7, 11) is 0. The first-order valence-electron chi connectivity index (χ1n) is 9.53. The Morgan fingerprint density at radius 3 is 2.17 bits per heavy atom. The summed E-state index contributed by atoms with van der Waals surface area (Å²) in [6, 6.07) is 27.8. The molecule has 0 bridgehead atoms. The number of fused-ring (bicyclic) bond motifs is 3. The third kappa shape index (κ3) is 3.18. The summed E-state index contributed by atoms with van der Waals surface area (Å²) in [4.78, 5) is 13.8. The van der Waals surface area contributed by atoms with Crippen molar-refractivity contribution in [2.45, 2.75) is 6.92 Å². The zero-order chi connectivity index (χ0) is 20.7. The highest BCUT2D eigenvalue weighted by atomic mass is 127. The lowest BCUT2D eigenvalue weighted by Gasteiger charge is -2.06. The summed E-state index contributed by atoms with van der Waals surface area (Å²) in [6.45, 7) is 2.01. The Bertz CT molecular complexity index is 1400. The smallest absolute Gasteiger partial charge is 0.344 e. The quantitative estimate of drug-likeness (QED) is 0.155. The molecule has 2 aromatic heterocycles. The van der Waals surface area contributed by atoms with Gasteiger partial charge in [-0.2, -0.15) is 0 Å². The Hall–Kier alpha value is -2.77. The van der Waals surface area contributed by atoms with Gasteiger partial charge in [0.15, 0.2) is 0 Å². The number of hydrogen-bond acceptors (Lipinski definition) is 3. The third-order valence-corrected chi connectivity index (χ3v) is 7.34. The van der Waals surface area contributed by atoms with Crippen molar-refractivity contribution in [3.63, 3.8) is 0 Å². The Kier molecular flexibility index (Phi) is 5.00. The molecule has 0 aliphatic carbocycles. The number of carbonyl (C=O) groups excluding carboxylic acids is 1. The highest BCUT2D eigenvalue weighted by Gasteiger charge is 2.30. The van der Waals surface area contributed by atoms with Crippen LogP contribution in [0.4, 0.5) is 0 Å². The van der Waals surface area contributed by atoms with Gasteiger partial charge in [-0.25, -0.2) is 4.79 Å². The van der Waals surface area contributed by atoms with Crippen LogP contribution in [0.2, 0.25) is 0 Å². The maximum absolute atomic E-state index is 12.7. The van der Waals surface area contributed by atoms with Crippen LogP contribution < -0.4 is 9.14 Å². The molecule has 0 atom stereocenters. The molecule has 0 spiro atoms. The number of ether oxygens (including phenoxy) is 1. The number of pyridine rings is 1. The van der Waals surface area contributed by atoms with E-state index in [0.29, 0.717) is 10.6 Å². The molecule has 3 nitrogen and oxygen atoms in total. The molecule has 0 unspecified atom stereocenters. The first-order valence-corrected chi connectivity index (χ1v) is 11.4. The van der Waals surface area contributed by atoms with Crippen LogP contribution in [-0.2, 0) is 0 Å². The Morgan fingerprint density at radius 1 is 0.867 bits per heavy atom. The van der Waals surface area contributed by atoms with E-state index in [1.54, 1.807) is 12.1 Å². The minimum atomic E-state index is -0.342. The minimum absolute atomic E-state index is 0.342. The van der Waals surface area contributed by atoms with Gasteiger partial charge in [-0.15, -0.1) is 4.40 Å². The number of thiazole rings is 1. The van der Waals surface area contributed by atoms with Gasteiger partial charge in [0.2, 0.25) is 11.4 Å². The van der Waals surface area contributed by atoms with E-state index in [1.165, 1.54) is 20.3 Å². The number of hydrogen-bond donors (Lipinski definition) is 0. The van der Waals surface area contributed by atoms with E-state index < -0.39 is 0 Å². The molecule has 0 saturated carbocycles. The summed E-state index contributed by atoms with van der Waals surface area (Å²) in [5, 5.41) is 2.96. The third-order valence-electron chi connectivity index (χ3n) is 5.09. The molecule has 0 radical (unpaired) electrons. The molecule has 3 aromatic carbocycles. The molecule has 146 valence electrons. The molecule has 5 heteroatoms. The van der Waals surface area contributed by atoms with E-state index in [0.717, 1.165) is 27.2 Å². The summed E-state index contributed by atoms with van der Waals surface area (Å²) < 4.78 is 9.25. The summed E-state index contributed by atoms with van der Waals surface area (Å²) in [6.07, 6.45) is 0. The van der Waals surface area contributed by atoms with E-state index >= 15 is 0 Å². The van der Waals surface area contributed by atoms with Crippen LogP contribution in [0, 0.1) is 10.5 Å². The van der Waals surface area contributed by atoms with Gasteiger partial charge in [-0.1, -0.05) is 54.6 Å². The number of carbonyl (C=O) groups is 1. The standard InChI is InChI=1S/C25H17INO2S/c1-16-25(29-24(28)18-12-6-3-7-13-18)30-23-20-15-9-8-14-19(20)21(26)22(27(16)23)17-10-4-2-5-11-17/h2-15H,1H3/q+1. The molecule has 0 aliphatic rings. The monoisotopic (exact) mass is 522 g/mol. The molecule has 0 aliphatic heterocycles. The number of nitrogens with zero attached hydrogens (tertiary/aromatic N) is 1. The summed E-state index contributed by atoms with van der Waals surface area (Å²) >= 11 is 3.94. The molecule has 2 heterocycles. The fourth-order valence-corrected chi connectivity index (χ4v) is 5.81. The van der Waals surface area contributed by atoms with Crippen molar-refractivity contribution in [1.82, 2.24) is 0 Å². The van der Waals surface area contributed by atoms with Gasteiger partial charge in [-0.05, 0) is 64.3 Å². The largest absolute Gasteiger partial charge is 0.405 e. The second-order valence-corrected chi connectivity index (χ2v) is 8.99. The number of rotatable bonds is 3. The molecule has 0 amide bonds. The maximum Gasteiger partial charge on any atom is 0.344 e. The van der Waals surface area contributed by atoms with Crippen LogP contribution in [0.5, 0.6) is 5.06 Å². The lowest BCUT2D eigenvalue weighted by molar-refractivity contribution is -0.502. The van der Waals surface area contributed by atoms with E-state index in [4.69, 9.17) is 4.74 Å². The van der Waals surface area contributed by atoms with Crippen molar-refractivity contribution < 1.29 is 13.9 Å². The Morgan fingerprint density at radius 2 is 1.47 bits per heavy atom. The van der Waals surface area contributed by atoms with Gasteiger partial charge in [0.1, 0.15) is 0 Å². The number of aromatic nitrogens is 1. The Balaban J connectivity index is 1.77. The van der Waals surface area contributed by atoms with Gasteiger partial charge in [0.05, 0.1) is 14.5 Å². The second kappa shape index (κ2) is 7.81. The van der Waals surface area contributed by atoms with Crippen molar-refractivity contribution in [2.24, 2.45) is 0 Å². The van der Waals surface area contributed by atoms with Crippen LogP contribution in [0.3, 0.4) is 0 Å². The molecule has 0 fully saturated rings. The fraction of sp³-hybridized carbons (Fsp3) is 0.0400. The zero-order valence-corrected chi connectivity index (χ0v) is 19.1. The zero-order valence-electron chi connectivity index (χ0n) is 16.1. The highest BCUT2D eigenvalue weighted by Crippen LogP contribution is 2.37. The molecular formula is C25H17INO2S+. The second-order valence-electron chi connectivity index (χ2n) is 6.95. The van der Waals surface area contributed by atoms with E-state index in [2.05, 4.69) is 57.3 Å². The average molecular weight is 522 g/mol. The lowest BCUT2D eigenvalue weighted by atomic mass is 10.1. The normalized spacial score (nSPS) is 11.1. The first kappa shape index (κ1) is 19.2. The maximum atomic E-state index is 12.7. The predicted molar refractivity (Wildman–Crippen MR) is 129 cm³/mol. The number of halogens is 1. The van der Waals surface area contributed by atoms with Crippen molar-refractivity contribution in [3.05, 3.63) is 99.8 Å². The van der Waals surface area contributed by atoms with Crippen molar-refractivity contribution in [3.8, 4) is 16.3 Å². The van der Waals surface area contributed by atoms with Gasteiger partial charge >= 0.3 is 5.97 Å². The van der Waals surface area contributed by atoms with Gasteiger partial charge in [0.25, 0.3) is 9.89 Å². The molecule has 5 rings (SSSR count). The van der Waals surface area contributed by atoms with Gasteiger partial charge in [0, 0.05) is 17.9 Å². The number of benzene rings is 3. The summed E-state index contributed by atoms with van der Waals surface area (Å²) in [5.41, 5.74) is 3.70. The Labute approximate surface area is 191 Å². The van der Waals surface area contributed by atoms with E-state index in [9.17, 15) is 4.79 Å². The number of esters is 1. The first-order chi connectivity index (χ1) is 14.6. The van der Waals surface area contributed by atoms with Gasteiger partial charge < -0.3 is 4.74 Å². The van der Waals surface area contributed by atoms with E-state index in [-0.39, 0.29) is 5.97 Å². The van der Waals surface area contributed by atoms with E-state index in [1.807, 2.05) is 49.4 Å². The molecular weight excluding hydrogens is 505 g/mol. The van der Waals surface area contributed by atoms with Crippen molar-refractivity contribution in [1.29, 1.82) is 0 Å². The molecule has 5 aromatic rings. The van der Waals surface area contributed by atoms with Crippen LogP contribution in [0.1, 0.15) is 16.1 Å². The fourth-order valence-electron chi connectivity index (χ4n) is 3.65. The molecule has 30 heavy (non-hydrogen) atoms. The minimum Gasteiger partial charge on any atom is -0.405 e. The summed E-state index contributed by atoms with van der Waals surface area (Å²) in [5.74, 6) is -0.342. The molecule has 0 N–H and O–H groups in total. The SMILES string of the molecule is Cc1c(OC(=O)c2ccccc2)sc2c3ccccc3c(I)c(-c3ccccc3)[n+]12. The lowest BCUT2D eigenvalue weighted by Crippen LogP contribution is -2.27. The van der Waals surface area contributed by atoms with Crippen LogP contribution in [-0.4, -0.2) is 5.97 Å². The van der Waals surface area contributed by atoms with Crippen molar-refractivity contribution in [2.75, 3.05) is 0 Å². The topological polar surface area (TPSA) is 30.4 Å². The van der Waals surface area contributed by atoms with Crippen molar-refractivity contribution >= 4 is 55.5 Å². The predicted octanol–water partition coefficient (Wildman–Crippen LogP) is 6.44. The molecule has 0 saturated heterocycles.